The Morgan fingerprint density at radius 2 is 2.27 bits per heavy atom. The lowest BCUT2D eigenvalue weighted by molar-refractivity contribution is 1.35. The first kappa shape index (κ1) is 6.35. The molecule has 0 saturated carbocycles. The van der Waals surface area contributed by atoms with E-state index in [1.54, 1.807) is 6.20 Å². The molecule has 0 bridgehead atoms. The van der Waals surface area contributed by atoms with Crippen molar-refractivity contribution in [2.75, 3.05) is 0 Å². The zero-order valence-electron chi connectivity index (χ0n) is 6.33. The highest BCUT2D eigenvalue weighted by molar-refractivity contribution is 5.83. The summed E-state index contributed by atoms with van der Waals surface area (Å²) in [4.78, 5) is 4.00. The molecule has 2 rings (SSSR count). The van der Waals surface area contributed by atoms with Gasteiger partial charge in [-0.1, -0.05) is 18.2 Å². The van der Waals surface area contributed by atoms with Crippen LogP contribution in [0.4, 0.5) is 0 Å². The van der Waals surface area contributed by atoms with Crippen molar-refractivity contribution in [3.05, 3.63) is 42.2 Å². The number of hydrogen-bond acceptors (Lipinski definition) is 1. The molecule has 0 aliphatic carbocycles. The van der Waals surface area contributed by atoms with Gasteiger partial charge in [0.25, 0.3) is 0 Å². The zero-order chi connectivity index (χ0) is 7.68. The summed E-state index contributed by atoms with van der Waals surface area (Å²) in [7, 11) is 0. The van der Waals surface area contributed by atoms with Gasteiger partial charge in [-0.15, -0.1) is 0 Å². The minimum absolute atomic E-state index is 1.16. The summed E-state index contributed by atoms with van der Waals surface area (Å²) in [6, 6.07) is 9.27. The Balaban J connectivity index is 2.91. The summed E-state index contributed by atoms with van der Waals surface area (Å²) in [5.41, 5.74) is 1.25. The van der Waals surface area contributed by atoms with Crippen LogP contribution in [0, 0.1) is 13.0 Å². The van der Waals surface area contributed by atoms with Crippen LogP contribution in [0.1, 0.15) is 5.56 Å². The van der Waals surface area contributed by atoms with Crippen LogP contribution in [0.5, 0.6) is 0 Å². The number of aryl methyl sites for hydroxylation is 1. The Hall–Kier alpha value is -1.37. The van der Waals surface area contributed by atoms with Gasteiger partial charge in [-0.2, -0.15) is 0 Å². The number of benzene rings is 1. The molecule has 0 unspecified atom stereocenters. The predicted octanol–water partition coefficient (Wildman–Crippen LogP) is 2.34. The second-order valence-electron chi connectivity index (χ2n) is 2.59. The van der Waals surface area contributed by atoms with Crippen molar-refractivity contribution < 1.29 is 0 Å². The van der Waals surface area contributed by atoms with E-state index in [2.05, 4.69) is 24.0 Å². The van der Waals surface area contributed by atoms with Gasteiger partial charge in [-0.3, -0.25) is 4.98 Å². The molecule has 1 aromatic heterocycles. The van der Waals surface area contributed by atoms with Crippen molar-refractivity contribution in [3.63, 3.8) is 0 Å². The molecule has 1 nitrogen and oxygen atoms in total. The number of pyridine rings is 1. The lowest BCUT2D eigenvalue weighted by atomic mass is 10.1. The second-order valence-corrected chi connectivity index (χ2v) is 2.59. The fourth-order valence-electron chi connectivity index (χ4n) is 1.21. The molecule has 1 heteroatoms. The van der Waals surface area contributed by atoms with E-state index in [0.717, 1.165) is 5.39 Å². The molecule has 0 spiro atoms. The van der Waals surface area contributed by atoms with Crippen LogP contribution in [-0.2, 0) is 0 Å². The molecule has 0 N–H and O–H groups in total. The highest BCUT2D eigenvalue weighted by Gasteiger charge is 1.93. The molecule has 2 aromatic rings. The first-order valence-electron chi connectivity index (χ1n) is 3.59. The minimum atomic E-state index is 1.16. The molecule has 1 aromatic carbocycles. The van der Waals surface area contributed by atoms with Crippen molar-refractivity contribution >= 4 is 10.8 Å². The number of fused-ring (bicyclic) bond motifs is 1. The van der Waals surface area contributed by atoms with E-state index in [9.17, 15) is 0 Å². The van der Waals surface area contributed by atoms with Crippen LogP contribution in [0.15, 0.2) is 30.6 Å². The molecule has 0 fully saturated rings. The highest BCUT2D eigenvalue weighted by Crippen LogP contribution is 2.14. The van der Waals surface area contributed by atoms with Gasteiger partial charge in [0, 0.05) is 23.8 Å². The molecule has 0 saturated heterocycles. The van der Waals surface area contributed by atoms with E-state index in [1.807, 2.05) is 18.3 Å². The van der Waals surface area contributed by atoms with Crippen LogP contribution in [-0.4, -0.2) is 4.98 Å². The fourth-order valence-corrected chi connectivity index (χ4v) is 1.21. The van der Waals surface area contributed by atoms with E-state index in [4.69, 9.17) is 0 Å². The average Bonchev–Trinajstić information content (AvgIpc) is 2.06. The van der Waals surface area contributed by atoms with E-state index in [1.165, 1.54) is 10.9 Å². The molecular weight excluding hydrogens is 134 g/mol. The lowest BCUT2D eigenvalue weighted by Gasteiger charge is -1.97. The highest BCUT2D eigenvalue weighted by atomic mass is 14.6. The summed E-state index contributed by atoms with van der Waals surface area (Å²) >= 11 is 0. The van der Waals surface area contributed by atoms with Crippen LogP contribution in [0.25, 0.3) is 10.8 Å². The molecular formula is C10H8N. The molecule has 0 atom stereocenters. The SMILES string of the molecule is Cc1cccc2cnc[c]c12. The van der Waals surface area contributed by atoms with Gasteiger partial charge in [0.1, 0.15) is 0 Å². The number of rotatable bonds is 0. The van der Waals surface area contributed by atoms with Crippen molar-refractivity contribution in [2.24, 2.45) is 0 Å². The van der Waals surface area contributed by atoms with Crippen molar-refractivity contribution in [3.8, 4) is 0 Å². The van der Waals surface area contributed by atoms with Gasteiger partial charge in [-0.25, -0.2) is 0 Å². The molecule has 1 radical (unpaired) electrons. The Labute approximate surface area is 65.7 Å². The van der Waals surface area contributed by atoms with Crippen molar-refractivity contribution in [2.45, 2.75) is 6.92 Å². The molecule has 0 amide bonds. The van der Waals surface area contributed by atoms with Crippen LogP contribution < -0.4 is 0 Å². The van der Waals surface area contributed by atoms with Gasteiger partial charge in [0.05, 0.1) is 0 Å². The van der Waals surface area contributed by atoms with E-state index < -0.39 is 0 Å². The quantitative estimate of drug-likeness (QED) is 0.550. The van der Waals surface area contributed by atoms with Gasteiger partial charge in [0.2, 0.25) is 0 Å². The average molecular weight is 142 g/mol. The third-order valence-electron chi connectivity index (χ3n) is 1.80. The predicted molar refractivity (Wildman–Crippen MR) is 45.3 cm³/mol. The maximum absolute atomic E-state index is 4.00. The number of aromatic nitrogens is 1. The van der Waals surface area contributed by atoms with Crippen LogP contribution in [0.2, 0.25) is 0 Å². The van der Waals surface area contributed by atoms with Crippen molar-refractivity contribution in [1.29, 1.82) is 0 Å². The molecule has 0 aliphatic heterocycles. The monoisotopic (exact) mass is 142 g/mol. The largest absolute Gasteiger partial charge is 0.263 e. The molecule has 11 heavy (non-hydrogen) atoms. The summed E-state index contributed by atoms with van der Waals surface area (Å²) in [6.45, 7) is 2.08. The molecule has 1 heterocycles. The first-order chi connectivity index (χ1) is 5.38. The maximum atomic E-state index is 4.00. The van der Waals surface area contributed by atoms with Crippen LogP contribution >= 0.6 is 0 Å². The summed E-state index contributed by atoms with van der Waals surface area (Å²) in [5, 5.41) is 2.33. The molecule has 0 aliphatic rings. The van der Waals surface area contributed by atoms with Gasteiger partial charge in [0.15, 0.2) is 0 Å². The Morgan fingerprint density at radius 1 is 1.36 bits per heavy atom. The van der Waals surface area contributed by atoms with Crippen molar-refractivity contribution in [1.82, 2.24) is 4.98 Å². The third kappa shape index (κ3) is 0.984. The Kier molecular flexibility index (Phi) is 1.35. The summed E-state index contributed by atoms with van der Waals surface area (Å²) in [5.74, 6) is 0. The lowest BCUT2D eigenvalue weighted by Crippen LogP contribution is -1.78. The first-order valence-corrected chi connectivity index (χ1v) is 3.59. The normalized spacial score (nSPS) is 10.3. The van der Waals surface area contributed by atoms with Crippen LogP contribution in [0.3, 0.4) is 0 Å². The number of nitrogens with zero attached hydrogens (tertiary/aromatic N) is 1. The van der Waals surface area contributed by atoms with E-state index >= 15 is 0 Å². The summed E-state index contributed by atoms with van der Waals surface area (Å²) in [6.07, 6.45) is 3.56. The zero-order valence-corrected chi connectivity index (χ0v) is 6.33. The summed E-state index contributed by atoms with van der Waals surface area (Å²) < 4.78 is 0. The smallest absolute Gasteiger partial charge is 0.0353 e. The van der Waals surface area contributed by atoms with E-state index in [-0.39, 0.29) is 0 Å². The van der Waals surface area contributed by atoms with Gasteiger partial charge in [-0.05, 0) is 17.9 Å². The molecule has 53 valence electrons. The second kappa shape index (κ2) is 2.35. The Morgan fingerprint density at radius 3 is 3.09 bits per heavy atom. The topological polar surface area (TPSA) is 12.9 Å². The van der Waals surface area contributed by atoms with Gasteiger partial charge >= 0.3 is 0 Å². The third-order valence-corrected chi connectivity index (χ3v) is 1.80. The van der Waals surface area contributed by atoms with E-state index in [0.29, 0.717) is 0 Å². The number of hydrogen-bond donors (Lipinski definition) is 0. The fraction of sp³-hybridized carbons (Fsp3) is 0.100. The standard InChI is InChI=1S/C10H8N/c1-8-3-2-4-9-7-11-6-5-10(8)9/h2-4,6-7H,1H3. The maximum Gasteiger partial charge on any atom is 0.0353 e. The van der Waals surface area contributed by atoms with Gasteiger partial charge < -0.3 is 0 Å². The minimum Gasteiger partial charge on any atom is -0.263 e. The Bertz CT molecular complexity index is 374.